The van der Waals surface area contributed by atoms with Gasteiger partial charge in [0.25, 0.3) is 0 Å². The lowest BCUT2D eigenvalue weighted by molar-refractivity contribution is -0.121. The van der Waals surface area contributed by atoms with E-state index in [1.165, 1.54) is 0 Å². The second-order valence-corrected chi connectivity index (χ2v) is 4.09. The van der Waals surface area contributed by atoms with E-state index in [2.05, 4.69) is 18.9 Å². The summed E-state index contributed by atoms with van der Waals surface area (Å²) in [5.41, 5.74) is 2.12. The molecule has 84 valence electrons. The van der Waals surface area contributed by atoms with E-state index in [0.29, 0.717) is 6.42 Å². The van der Waals surface area contributed by atoms with Crippen LogP contribution in [0.4, 0.5) is 0 Å². The summed E-state index contributed by atoms with van der Waals surface area (Å²) < 4.78 is 1.93. The van der Waals surface area contributed by atoms with E-state index in [0.717, 1.165) is 24.4 Å². The van der Waals surface area contributed by atoms with Crippen LogP contribution in [0.5, 0.6) is 0 Å². The van der Waals surface area contributed by atoms with Gasteiger partial charge in [-0.1, -0.05) is 20.8 Å². The van der Waals surface area contributed by atoms with E-state index in [1.54, 1.807) is 0 Å². The maximum absolute atomic E-state index is 11.6. The zero-order valence-electron chi connectivity index (χ0n) is 10.1. The summed E-state index contributed by atoms with van der Waals surface area (Å²) in [5, 5.41) is 4.42. The van der Waals surface area contributed by atoms with Gasteiger partial charge in [0.2, 0.25) is 0 Å². The molecule has 3 nitrogen and oxygen atoms in total. The minimum atomic E-state index is 0.107. The van der Waals surface area contributed by atoms with Gasteiger partial charge in [0.15, 0.2) is 0 Å². The monoisotopic (exact) mass is 208 g/mol. The molecular weight excluding hydrogens is 188 g/mol. The van der Waals surface area contributed by atoms with Crippen molar-refractivity contribution in [2.24, 2.45) is 5.92 Å². The first-order chi connectivity index (χ1) is 7.08. The van der Waals surface area contributed by atoms with Crippen LogP contribution in [-0.2, 0) is 24.2 Å². The molecule has 15 heavy (non-hydrogen) atoms. The second-order valence-electron chi connectivity index (χ2n) is 4.09. The third kappa shape index (κ3) is 2.91. The van der Waals surface area contributed by atoms with Crippen molar-refractivity contribution in [1.82, 2.24) is 9.78 Å². The Hall–Kier alpha value is -1.12. The highest BCUT2D eigenvalue weighted by atomic mass is 16.1. The van der Waals surface area contributed by atoms with E-state index in [-0.39, 0.29) is 11.7 Å². The van der Waals surface area contributed by atoms with Crippen molar-refractivity contribution in [1.29, 1.82) is 0 Å². The van der Waals surface area contributed by atoms with Crippen molar-refractivity contribution in [3.05, 3.63) is 17.5 Å². The van der Waals surface area contributed by atoms with E-state index in [4.69, 9.17) is 0 Å². The fraction of sp³-hybridized carbons (Fsp3) is 0.667. The van der Waals surface area contributed by atoms with Crippen molar-refractivity contribution < 1.29 is 4.79 Å². The molecule has 0 aromatic carbocycles. The van der Waals surface area contributed by atoms with Gasteiger partial charge in [-0.25, -0.2) is 0 Å². The molecular formula is C12H20N2O. The quantitative estimate of drug-likeness (QED) is 0.743. The van der Waals surface area contributed by atoms with E-state index in [9.17, 15) is 4.79 Å². The number of ketones is 1. The zero-order chi connectivity index (χ0) is 11.4. The third-order valence-electron chi connectivity index (χ3n) is 2.57. The Morgan fingerprint density at radius 1 is 1.47 bits per heavy atom. The van der Waals surface area contributed by atoms with Crippen LogP contribution < -0.4 is 0 Å². The second kappa shape index (κ2) is 5.10. The molecule has 0 unspecified atom stereocenters. The highest BCUT2D eigenvalue weighted by molar-refractivity contribution is 5.82. The Balaban J connectivity index is 2.83. The summed E-state index contributed by atoms with van der Waals surface area (Å²) >= 11 is 0. The summed E-state index contributed by atoms with van der Waals surface area (Å²) in [5.74, 6) is 0.391. The number of aromatic nitrogens is 2. The van der Waals surface area contributed by atoms with Crippen LogP contribution in [0, 0.1) is 5.92 Å². The molecule has 1 aromatic heterocycles. The van der Waals surface area contributed by atoms with Gasteiger partial charge >= 0.3 is 0 Å². The summed E-state index contributed by atoms with van der Waals surface area (Å²) in [6.07, 6.45) is 1.44. The van der Waals surface area contributed by atoms with Crippen molar-refractivity contribution in [3.63, 3.8) is 0 Å². The van der Waals surface area contributed by atoms with Crippen LogP contribution in [0.1, 0.15) is 39.1 Å². The number of Topliss-reactive ketones (excluding diaryl/α,β-unsaturated/α-hetero) is 1. The summed E-state index contributed by atoms with van der Waals surface area (Å²) in [7, 11) is 0. The van der Waals surface area contributed by atoms with Gasteiger partial charge in [0.1, 0.15) is 5.78 Å². The van der Waals surface area contributed by atoms with Crippen LogP contribution in [0.3, 0.4) is 0 Å². The maximum atomic E-state index is 11.6. The first kappa shape index (κ1) is 12.0. The average Bonchev–Trinajstić information content (AvgIpc) is 2.60. The van der Waals surface area contributed by atoms with Crippen molar-refractivity contribution >= 4 is 5.78 Å². The molecule has 0 atom stereocenters. The number of rotatable bonds is 5. The van der Waals surface area contributed by atoms with Crippen molar-refractivity contribution in [2.75, 3.05) is 0 Å². The summed E-state index contributed by atoms with van der Waals surface area (Å²) in [6, 6.07) is 2.05. The Bertz CT molecular complexity index is 339. The lowest BCUT2D eigenvalue weighted by Gasteiger charge is -2.05. The van der Waals surface area contributed by atoms with E-state index >= 15 is 0 Å². The summed E-state index contributed by atoms with van der Waals surface area (Å²) in [4.78, 5) is 11.6. The first-order valence-corrected chi connectivity index (χ1v) is 5.66. The molecule has 0 fully saturated rings. The number of hydrogen-bond acceptors (Lipinski definition) is 2. The molecule has 0 spiro atoms. The van der Waals surface area contributed by atoms with Crippen LogP contribution in [0.15, 0.2) is 6.07 Å². The highest BCUT2D eigenvalue weighted by Gasteiger charge is 2.12. The molecule has 0 aliphatic carbocycles. The van der Waals surface area contributed by atoms with Crippen LogP contribution >= 0.6 is 0 Å². The molecule has 1 heterocycles. The lowest BCUT2D eigenvalue weighted by atomic mass is 10.0. The Morgan fingerprint density at radius 2 is 2.13 bits per heavy atom. The SMILES string of the molecule is CCc1cc(CC(=O)C(C)C)n(CC)n1. The molecule has 0 aliphatic heterocycles. The number of carbonyl (C=O) groups excluding carboxylic acids is 1. The number of aryl methyl sites for hydroxylation is 2. The van der Waals surface area contributed by atoms with Crippen molar-refractivity contribution in [2.45, 2.75) is 47.1 Å². The Kier molecular flexibility index (Phi) is 4.06. The average molecular weight is 208 g/mol. The minimum absolute atomic E-state index is 0.107. The Labute approximate surface area is 91.5 Å². The predicted molar refractivity (Wildman–Crippen MR) is 60.8 cm³/mol. The predicted octanol–water partition coefficient (Wildman–Crippen LogP) is 2.23. The smallest absolute Gasteiger partial charge is 0.141 e. The molecule has 0 saturated carbocycles. The third-order valence-corrected chi connectivity index (χ3v) is 2.57. The standard InChI is InChI=1S/C12H20N2O/c1-5-10-7-11(14(6-2)13-10)8-12(15)9(3)4/h7,9H,5-6,8H2,1-4H3. The van der Waals surface area contributed by atoms with Gasteiger partial charge in [-0.05, 0) is 19.4 Å². The molecule has 0 bridgehead atoms. The van der Waals surface area contributed by atoms with E-state index in [1.807, 2.05) is 24.6 Å². The van der Waals surface area contributed by atoms with Crippen molar-refractivity contribution in [3.8, 4) is 0 Å². The lowest BCUT2D eigenvalue weighted by Crippen LogP contribution is -2.13. The van der Waals surface area contributed by atoms with E-state index < -0.39 is 0 Å². The van der Waals surface area contributed by atoms with Gasteiger partial charge in [0, 0.05) is 24.6 Å². The fourth-order valence-electron chi connectivity index (χ4n) is 1.49. The molecule has 0 aliphatic rings. The molecule has 0 N–H and O–H groups in total. The molecule has 1 rings (SSSR count). The van der Waals surface area contributed by atoms with Gasteiger partial charge in [-0.2, -0.15) is 5.10 Å². The van der Waals surface area contributed by atoms with Gasteiger partial charge in [-0.15, -0.1) is 0 Å². The van der Waals surface area contributed by atoms with Crippen LogP contribution in [0.2, 0.25) is 0 Å². The van der Waals surface area contributed by atoms with Gasteiger partial charge in [-0.3, -0.25) is 9.48 Å². The van der Waals surface area contributed by atoms with Crippen LogP contribution in [0.25, 0.3) is 0 Å². The largest absolute Gasteiger partial charge is 0.299 e. The molecule has 0 amide bonds. The fourth-order valence-corrected chi connectivity index (χ4v) is 1.49. The first-order valence-electron chi connectivity index (χ1n) is 5.66. The topological polar surface area (TPSA) is 34.9 Å². The number of carbonyl (C=O) groups is 1. The Morgan fingerprint density at radius 3 is 2.60 bits per heavy atom. The van der Waals surface area contributed by atoms with Gasteiger partial charge in [0.05, 0.1) is 5.69 Å². The highest BCUT2D eigenvalue weighted by Crippen LogP contribution is 2.09. The molecule has 0 radical (unpaired) electrons. The summed E-state index contributed by atoms with van der Waals surface area (Å²) in [6.45, 7) is 8.85. The normalized spacial score (nSPS) is 11.0. The maximum Gasteiger partial charge on any atom is 0.141 e. The molecule has 1 aromatic rings. The minimum Gasteiger partial charge on any atom is -0.299 e. The number of nitrogens with zero attached hydrogens (tertiary/aromatic N) is 2. The molecule has 0 saturated heterocycles. The zero-order valence-corrected chi connectivity index (χ0v) is 10.1. The van der Waals surface area contributed by atoms with Gasteiger partial charge < -0.3 is 0 Å². The van der Waals surface area contributed by atoms with Crippen LogP contribution in [-0.4, -0.2) is 15.6 Å². The number of hydrogen-bond donors (Lipinski definition) is 0. The molecule has 3 heteroatoms.